The molecule has 104 valence electrons. The lowest BCUT2D eigenvalue weighted by atomic mass is 10.3. The zero-order valence-electron chi connectivity index (χ0n) is 11.3. The van der Waals surface area contributed by atoms with E-state index in [1.807, 2.05) is 6.26 Å². The van der Waals surface area contributed by atoms with E-state index in [2.05, 4.69) is 15.1 Å². The number of aromatic nitrogens is 4. The van der Waals surface area contributed by atoms with E-state index in [1.54, 1.807) is 31.8 Å². The third kappa shape index (κ3) is 2.51. The molecule has 0 spiro atoms. The Morgan fingerprint density at radius 1 is 1.26 bits per heavy atom. The van der Waals surface area contributed by atoms with Crippen LogP contribution in [0.3, 0.4) is 0 Å². The lowest BCUT2D eigenvalue weighted by Gasteiger charge is -2.29. The number of rotatable bonds is 4. The number of aryl methyl sites for hydroxylation is 1. The van der Waals surface area contributed by atoms with E-state index in [0.29, 0.717) is 22.0 Å². The SMILES string of the molecule is CSc1nc(N(C(C)O)C(C)O)c2cnn(C)c2n1. The summed E-state index contributed by atoms with van der Waals surface area (Å²) in [5.74, 6) is 0.479. The molecule has 0 aromatic carbocycles. The number of nitrogens with zero attached hydrogens (tertiary/aromatic N) is 5. The van der Waals surface area contributed by atoms with Crippen LogP contribution in [-0.2, 0) is 7.05 Å². The van der Waals surface area contributed by atoms with Crippen LogP contribution in [0.5, 0.6) is 0 Å². The fraction of sp³-hybridized carbons (Fsp3) is 0.545. The van der Waals surface area contributed by atoms with Gasteiger partial charge in [0.1, 0.15) is 18.3 Å². The van der Waals surface area contributed by atoms with E-state index in [1.165, 1.54) is 16.7 Å². The lowest BCUT2D eigenvalue weighted by molar-refractivity contribution is 0.104. The molecule has 0 radical (unpaired) electrons. The van der Waals surface area contributed by atoms with Gasteiger partial charge in [0.15, 0.2) is 10.8 Å². The Balaban J connectivity index is 2.69. The molecule has 0 saturated heterocycles. The minimum atomic E-state index is -0.868. The van der Waals surface area contributed by atoms with Crippen LogP contribution in [-0.4, -0.2) is 48.7 Å². The van der Waals surface area contributed by atoms with Gasteiger partial charge in [-0.05, 0) is 20.1 Å². The molecule has 0 aliphatic carbocycles. The Morgan fingerprint density at radius 3 is 2.42 bits per heavy atom. The molecule has 0 aliphatic heterocycles. The third-order valence-electron chi connectivity index (χ3n) is 2.78. The molecule has 7 nitrogen and oxygen atoms in total. The van der Waals surface area contributed by atoms with Crippen molar-refractivity contribution >= 4 is 28.6 Å². The molecule has 2 atom stereocenters. The van der Waals surface area contributed by atoms with Gasteiger partial charge >= 0.3 is 0 Å². The van der Waals surface area contributed by atoms with E-state index in [4.69, 9.17) is 0 Å². The summed E-state index contributed by atoms with van der Waals surface area (Å²) in [7, 11) is 1.79. The molecule has 0 saturated carbocycles. The first-order chi connectivity index (χ1) is 8.95. The Morgan fingerprint density at radius 2 is 1.89 bits per heavy atom. The topological polar surface area (TPSA) is 87.3 Å². The number of anilines is 1. The van der Waals surface area contributed by atoms with E-state index >= 15 is 0 Å². The number of aliphatic hydroxyl groups excluding tert-OH is 2. The highest BCUT2D eigenvalue weighted by atomic mass is 32.2. The molecule has 2 aromatic rings. The van der Waals surface area contributed by atoms with Crippen molar-refractivity contribution in [3.63, 3.8) is 0 Å². The van der Waals surface area contributed by atoms with Gasteiger partial charge in [0.2, 0.25) is 0 Å². The fourth-order valence-electron chi connectivity index (χ4n) is 1.94. The van der Waals surface area contributed by atoms with Crippen LogP contribution in [0.2, 0.25) is 0 Å². The second kappa shape index (κ2) is 5.32. The van der Waals surface area contributed by atoms with Crippen LogP contribution >= 0.6 is 11.8 Å². The fourth-order valence-corrected chi connectivity index (χ4v) is 2.30. The van der Waals surface area contributed by atoms with Crippen LogP contribution in [0.25, 0.3) is 11.0 Å². The van der Waals surface area contributed by atoms with Crippen molar-refractivity contribution in [2.24, 2.45) is 7.05 Å². The number of fused-ring (bicyclic) bond motifs is 1. The van der Waals surface area contributed by atoms with Crippen LogP contribution in [0, 0.1) is 0 Å². The Labute approximate surface area is 115 Å². The molecule has 2 rings (SSSR count). The summed E-state index contributed by atoms with van der Waals surface area (Å²) in [5, 5.41) is 25.1. The molecule has 2 heterocycles. The van der Waals surface area contributed by atoms with Gasteiger partial charge in [-0.15, -0.1) is 0 Å². The molecular weight excluding hydrogens is 266 g/mol. The summed E-state index contributed by atoms with van der Waals surface area (Å²) < 4.78 is 1.64. The van der Waals surface area contributed by atoms with Gasteiger partial charge in [0.25, 0.3) is 0 Å². The average Bonchev–Trinajstić information content (AvgIpc) is 2.70. The highest BCUT2D eigenvalue weighted by molar-refractivity contribution is 7.98. The summed E-state index contributed by atoms with van der Waals surface area (Å²) in [6.45, 7) is 3.16. The quantitative estimate of drug-likeness (QED) is 0.482. The van der Waals surface area contributed by atoms with Crippen molar-refractivity contribution in [1.82, 2.24) is 19.7 Å². The molecule has 2 N–H and O–H groups in total. The van der Waals surface area contributed by atoms with Gasteiger partial charge < -0.3 is 15.1 Å². The van der Waals surface area contributed by atoms with Crippen molar-refractivity contribution in [2.45, 2.75) is 31.5 Å². The van der Waals surface area contributed by atoms with Gasteiger partial charge in [0.05, 0.1) is 11.6 Å². The minimum absolute atomic E-state index is 0.479. The van der Waals surface area contributed by atoms with Crippen molar-refractivity contribution in [2.75, 3.05) is 11.2 Å². The number of aliphatic hydroxyl groups is 2. The van der Waals surface area contributed by atoms with E-state index < -0.39 is 12.5 Å². The molecule has 2 unspecified atom stereocenters. The second-order valence-electron chi connectivity index (χ2n) is 4.21. The first-order valence-corrected chi connectivity index (χ1v) is 7.06. The number of hydrogen-bond acceptors (Lipinski definition) is 7. The maximum Gasteiger partial charge on any atom is 0.191 e. The Hall–Kier alpha value is -1.38. The normalized spacial score (nSPS) is 14.6. The summed E-state index contributed by atoms with van der Waals surface area (Å²) >= 11 is 1.40. The maximum atomic E-state index is 9.84. The van der Waals surface area contributed by atoms with Gasteiger partial charge in [-0.2, -0.15) is 5.10 Å². The van der Waals surface area contributed by atoms with E-state index in [9.17, 15) is 10.2 Å². The van der Waals surface area contributed by atoms with Crippen molar-refractivity contribution in [3.8, 4) is 0 Å². The first-order valence-electron chi connectivity index (χ1n) is 5.84. The highest BCUT2D eigenvalue weighted by Gasteiger charge is 2.23. The van der Waals surface area contributed by atoms with Crippen LogP contribution < -0.4 is 4.90 Å². The van der Waals surface area contributed by atoms with Gasteiger partial charge in [-0.3, -0.25) is 4.68 Å². The summed E-state index contributed by atoms with van der Waals surface area (Å²) in [6, 6.07) is 0. The van der Waals surface area contributed by atoms with Crippen molar-refractivity contribution in [1.29, 1.82) is 0 Å². The molecule has 0 fully saturated rings. The first kappa shape index (κ1) is 14.0. The molecule has 19 heavy (non-hydrogen) atoms. The van der Waals surface area contributed by atoms with Gasteiger partial charge in [-0.1, -0.05) is 11.8 Å². The smallest absolute Gasteiger partial charge is 0.191 e. The zero-order chi connectivity index (χ0) is 14.2. The minimum Gasteiger partial charge on any atom is -0.374 e. The third-order valence-corrected chi connectivity index (χ3v) is 3.33. The van der Waals surface area contributed by atoms with Crippen molar-refractivity contribution < 1.29 is 10.2 Å². The zero-order valence-corrected chi connectivity index (χ0v) is 12.1. The van der Waals surface area contributed by atoms with Crippen LogP contribution in [0.1, 0.15) is 13.8 Å². The summed E-state index contributed by atoms with van der Waals surface area (Å²) in [6.07, 6.45) is 1.77. The molecular formula is C11H17N5O2S. The monoisotopic (exact) mass is 283 g/mol. The predicted octanol–water partition coefficient (Wildman–Crippen LogP) is 0.568. The van der Waals surface area contributed by atoms with Gasteiger partial charge in [0, 0.05) is 7.05 Å². The van der Waals surface area contributed by atoms with Crippen molar-refractivity contribution in [3.05, 3.63) is 6.20 Å². The number of thioether (sulfide) groups is 1. The second-order valence-corrected chi connectivity index (χ2v) is 4.98. The van der Waals surface area contributed by atoms with E-state index in [0.717, 1.165) is 0 Å². The molecule has 0 aliphatic rings. The van der Waals surface area contributed by atoms with Gasteiger partial charge in [-0.25, -0.2) is 9.97 Å². The summed E-state index contributed by atoms with van der Waals surface area (Å²) in [4.78, 5) is 10.2. The highest BCUT2D eigenvalue weighted by Crippen LogP contribution is 2.28. The standard InChI is InChI=1S/C11H17N5O2S/c1-6(17)16(7(2)18)10-8-5-12-15(3)9(8)13-11(14-10)19-4/h5-7,17-18H,1-4H3. The average molecular weight is 283 g/mol. The van der Waals surface area contributed by atoms with Crippen LogP contribution in [0.4, 0.5) is 5.82 Å². The Bertz CT molecular complexity index is 576. The molecule has 8 heteroatoms. The molecule has 0 amide bonds. The van der Waals surface area contributed by atoms with Crippen LogP contribution in [0.15, 0.2) is 11.4 Å². The Kier molecular flexibility index (Phi) is 3.93. The summed E-state index contributed by atoms with van der Waals surface area (Å²) in [5.41, 5.74) is 0.667. The lowest BCUT2D eigenvalue weighted by Crippen LogP contribution is -2.41. The molecule has 2 aromatic heterocycles. The predicted molar refractivity (Wildman–Crippen MR) is 73.9 cm³/mol. The molecule has 0 bridgehead atoms. The maximum absolute atomic E-state index is 9.84. The van der Waals surface area contributed by atoms with E-state index in [-0.39, 0.29) is 0 Å². The largest absolute Gasteiger partial charge is 0.374 e. The number of hydrogen-bond donors (Lipinski definition) is 2.